The van der Waals surface area contributed by atoms with Crippen molar-refractivity contribution in [2.24, 2.45) is 0 Å². The average molecular weight is 256 g/mol. The van der Waals surface area contributed by atoms with Crippen LogP contribution >= 0.6 is 0 Å². The van der Waals surface area contributed by atoms with Gasteiger partial charge in [-0.15, -0.1) is 0 Å². The lowest BCUT2D eigenvalue weighted by atomic mass is 10.3. The van der Waals surface area contributed by atoms with Crippen LogP contribution in [0.5, 0.6) is 5.75 Å². The Hall–Kier alpha value is -1.82. The number of halogens is 1. The third-order valence-electron chi connectivity index (χ3n) is 2.05. The zero-order valence-electron chi connectivity index (χ0n) is 10.2. The first-order valence-electron chi connectivity index (χ1n) is 5.75. The number of anilines is 1. The van der Waals surface area contributed by atoms with Crippen LogP contribution in [-0.2, 0) is 0 Å². The largest absolute Gasteiger partial charge is 0.491 e. The fraction of sp³-hybridized carbons (Fsp3) is 0.417. The molecule has 0 heterocycles. The van der Waals surface area contributed by atoms with Gasteiger partial charge in [0.25, 0.3) is 0 Å². The molecule has 0 spiro atoms. The van der Waals surface area contributed by atoms with E-state index in [1.165, 1.54) is 18.2 Å². The van der Waals surface area contributed by atoms with Gasteiger partial charge in [0, 0.05) is 12.6 Å². The molecular formula is C12H17FN2O3. The molecule has 0 aliphatic heterocycles. The summed E-state index contributed by atoms with van der Waals surface area (Å²) in [5.41, 5.74) is 0.389. The molecule has 2 amide bonds. The Balaban J connectivity index is 2.70. The number of hydrogen-bond donors (Lipinski definition) is 3. The predicted octanol–water partition coefficient (Wildman–Crippen LogP) is 1.73. The molecule has 0 atom stereocenters. The topological polar surface area (TPSA) is 70.6 Å². The normalized spacial score (nSPS) is 9.94. The standard InChI is InChI=1S/C12H17FN2O3/c1-2-7-18-11-8-9(13)3-4-10(11)15-12(17)14-5-6-16/h3-4,8,16H,2,5-7H2,1H3,(H2,14,15,17). The molecule has 0 radical (unpaired) electrons. The number of ether oxygens (including phenoxy) is 1. The van der Waals surface area contributed by atoms with Crippen LogP contribution in [0, 0.1) is 5.82 Å². The summed E-state index contributed by atoms with van der Waals surface area (Å²) in [6, 6.07) is 3.41. The SMILES string of the molecule is CCCOc1cc(F)ccc1NC(=O)NCCO. The Bertz CT molecular complexity index is 399. The summed E-state index contributed by atoms with van der Waals surface area (Å²) in [6.07, 6.45) is 0.784. The number of carbonyl (C=O) groups is 1. The van der Waals surface area contributed by atoms with E-state index in [1.807, 2.05) is 6.92 Å². The van der Waals surface area contributed by atoms with Gasteiger partial charge in [-0.1, -0.05) is 6.92 Å². The summed E-state index contributed by atoms with van der Waals surface area (Å²) >= 11 is 0. The first-order valence-corrected chi connectivity index (χ1v) is 5.75. The van der Waals surface area contributed by atoms with Crippen molar-refractivity contribution in [3.8, 4) is 5.75 Å². The number of urea groups is 1. The van der Waals surface area contributed by atoms with Crippen LogP contribution in [0.25, 0.3) is 0 Å². The maximum absolute atomic E-state index is 13.1. The average Bonchev–Trinajstić information content (AvgIpc) is 2.36. The minimum atomic E-state index is -0.475. The molecular weight excluding hydrogens is 239 g/mol. The van der Waals surface area contributed by atoms with Crippen LogP contribution in [0.2, 0.25) is 0 Å². The van der Waals surface area contributed by atoms with Crippen molar-refractivity contribution in [2.45, 2.75) is 13.3 Å². The lowest BCUT2D eigenvalue weighted by Gasteiger charge is -2.12. The molecule has 5 nitrogen and oxygen atoms in total. The van der Waals surface area contributed by atoms with E-state index < -0.39 is 11.8 Å². The van der Waals surface area contributed by atoms with Crippen molar-refractivity contribution in [1.29, 1.82) is 0 Å². The molecule has 0 saturated carbocycles. The zero-order valence-corrected chi connectivity index (χ0v) is 10.2. The molecule has 18 heavy (non-hydrogen) atoms. The van der Waals surface area contributed by atoms with E-state index in [4.69, 9.17) is 9.84 Å². The van der Waals surface area contributed by atoms with E-state index in [9.17, 15) is 9.18 Å². The molecule has 6 heteroatoms. The zero-order chi connectivity index (χ0) is 13.4. The highest BCUT2D eigenvalue weighted by Gasteiger charge is 2.08. The maximum atomic E-state index is 13.1. The molecule has 0 fully saturated rings. The van der Waals surface area contributed by atoms with Crippen molar-refractivity contribution in [3.05, 3.63) is 24.0 Å². The van der Waals surface area contributed by atoms with Gasteiger partial charge in [-0.25, -0.2) is 9.18 Å². The second-order valence-electron chi connectivity index (χ2n) is 3.59. The second-order valence-corrected chi connectivity index (χ2v) is 3.59. The van der Waals surface area contributed by atoms with Gasteiger partial charge in [0.1, 0.15) is 11.6 Å². The van der Waals surface area contributed by atoms with Gasteiger partial charge in [-0.3, -0.25) is 0 Å². The molecule has 1 aromatic rings. The number of aliphatic hydroxyl groups is 1. The van der Waals surface area contributed by atoms with Gasteiger partial charge in [-0.2, -0.15) is 0 Å². The molecule has 0 saturated heterocycles. The van der Waals surface area contributed by atoms with E-state index in [1.54, 1.807) is 0 Å². The monoisotopic (exact) mass is 256 g/mol. The Kier molecular flexibility index (Phi) is 5.93. The van der Waals surface area contributed by atoms with E-state index in [2.05, 4.69) is 10.6 Å². The number of rotatable bonds is 6. The highest BCUT2D eigenvalue weighted by molar-refractivity contribution is 5.90. The van der Waals surface area contributed by atoms with Gasteiger partial charge < -0.3 is 20.5 Å². The van der Waals surface area contributed by atoms with Crippen molar-refractivity contribution in [3.63, 3.8) is 0 Å². The maximum Gasteiger partial charge on any atom is 0.319 e. The fourth-order valence-corrected chi connectivity index (χ4v) is 1.27. The van der Waals surface area contributed by atoms with Crippen LogP contribution in [0.3, 0.4) is 0 Å². The minimum Gasteiger partial charge on any atom is -0.491 e. The summed E-state index contributed by atoms with van der Waals surface area (Å²) in [5, 5.41) is 13.5. The number of carbonyl (C=O) groups excluding carboxylic acids is 1. The van der Waals surface area contributed by atoms with Gasteiger partial charge in [0.05, 0.1) is 18.9 Å². The first kappa shape index (κ1) is 14.2. The summed E-state index contributed by atoms with van der Waals surface area (Å²) in [5.74, 6) is -0.140. The number of aliphatic hydroxyl groups excluding tert-OH is 1. The van der Waals surface area contributed by atoms with Crippen LogP contribution in [-0.4, -0.2) is 30.9 Å². The summed E-state index contributed by atoms with van der Waals surface area (Å²) < 4.78 is 18.4. The molecule has 0 bridgehead atoms. The summed E-state index contributed by atoms with van der Waals surface area (Å²) in [7, 11) is 0. The highest BCUT2D eigenvalue weighted by atomic mass is 19.1. The number of hydrogen-bond acceptors (Lipinski definition) is 3. The summed E-state index contributed by atoms with van der Waals surface area (Å²) in [6.45, 7) is 2.38. The number of nitrogens with one attached hydrogen (secondary N) is 2. The first-order chi connectivity index (χ1) is 8.67. The van der Waals surface area contributed by atoms with Gasteiger partial charge in [0.15, 0.2) is 0 Å². The Morgan fingerprint density at radius 2 is 2.28 bits per heavy atom. The lowest BCUT2D eigenvalue weighted by Crippen LogP contribution is -2.31. The lowest BCUT2D eigenvalue weighted by molar-refractivity contribution is 0.244. The highest BCUT2D eigenvalue weighted by Crippen LogP contribution is 2.25. The van der Waals surface area contributed by atoms with Gasteiger partial charge >= 0.3 is 6.03 Å². The predicted molar refractivity (Wildman–Crippen MR) is 66.3 cm³/mol. The number of amides is 2. The molecule has 0 aliphatic rings. The molecule has 1 aromatic carbocycles. The van der Waals surface area contributed by atoms with Crippen LogP contribution in [0.4, 0.5) is 14.9 Å². The van der Waals surface area contributed by atoms with E-state index >= 15 is 0 Å². The van der Waals surface area contributed by atoms with Crippen molar-refractivity contribution >= 4 is 11.7 Å². The van der Waals surface area contributed by atoms with Crippen LogP contribution in [0.1, 0.15) is 13.3 Å². The second kappa shape index (κ2) is 7.50. The van der Waals surface area contributed by atoms with Crippen molar-refractivity contribution in [2.75, 3.05) is 25.1 Å². The Morgan fingerprint density at radius 3 is 2.94 bits per heavy atom. The van der Waals surface area contributed by atoms with Gasteiger partial charge in [-0.05, 0) is 18.6 Å². The molecule has 3 N–H and O–H groups in total. The van der Waals surface area contributed by atoms with Crippen molar-refractivity contribution < 1.29 is 19.0 Å². The van der Waals surface area contributed by atoms with Crippen molar-refractivity contribution in [1.82, 2.24) is 5.32 Å². The fourth-order valence-electron chi connectivity index (χ4n) is 1.27. The molecule has 1 rings (SSSR count). The molecule has 0 unspecified atom stereocenters. The third kappa shape index (κ3) is 4.58. The molecule has 100 valence electrons. The molecule has 0 aliphatic carbocycles. The molecule has 0 aromatic heterocycles. The third-order valence-corrected chi connectivity index (χ3v) is 2.05. The smallest absolute Gasteiger partial charge is 0.319 e. The van der Waals surface area contributed by atoms with Crippen LogP contribution < -0.4 is 15.4 Å². The van der Waals surface area contributed by atoms with Gasteiger partial charge in [0.2, 0.25) is 0 Å². The minimum absolute atomic E-state index is 0.143. The quantitative estimate of drug-likeness (QED) is 0.726. The Morgan fingerprint density at radius 1 is 1.50 bits per heavy atom. The number of benzene rings is 1. The Labute approximate surface area is 105 Å². The van der Waals surface area contributed by atoms with E-state index in [0.717, 1.165) is 6.42 Å². The summed E-state index contributed by atoms with van der Waals surface area (Å²) in [4.78, 5) is 11.4. The van der Waals surface area contributed by atoms with E-state index in [0.29, 0.717) is 12.3 Å². The van der Waals surface area contributed by atoms with E-state index in [-0.39, 0.29) is 18.9 Å². The van der Waals surface area contributed by atoms with Crippen LogP contribution in [0.15, 0.2) is 18.2 Å².